The lowest BCUT2D eigenvalue weighted by Crippen LogP contribution is -2.66. The van der Waals surface area contributed by atoms with Crippen molar-refractivity contribution in [2.24, 2.45) is 17.3 Å². The lowest BCUT2D eigenvalue weighted by Gasteiger charge is -2.54. The molecule has 19 heavy (non-hydrogen) atoms. The van der Waals surface area contributed by atoms with E-state index < -0.39 is 17.5 Å². The highest BCUT2D eigenvalue weighted by Crippen LogP contribution is 2.71. The molecule has 2 aliphatic carbocycles. The van der Waals surface area contributed by atoms with Crippen LogP contribution in [-0.4, -0.2) is 40.4 Å². The van der Waals surface area contributed by atoms with Gasteiger partial charge in [-0.25, -0.2) is 0 Å². The number of aliphatic hydroxyl groups excluding tert-OH is 1. The Balaban J connectivity index is 1.86. The number of rotatable bonds is 0. The first-order valence-electron chi connectivity index (χ1n) is 7.29. The van der Waals surface area contributed by atoms with Crippen molar-refractivity contribution in [1.29, 1.82) is 0 Å². The van der Waals surface area contributed by atoms with Crippen LogP contribution in [0.3, 0.4) is 0 Å². The van der Waals surface area contributed by atoms with Gasteiger partial charge in [0.2, 0.25) is 5.79 Å². The summed E-state index contributed by atoms with van der Waals surface area (Å²) in [6, 6.07) is 0. The van der Waals surface area contributed by atoms with Crippen LogP contribution >= 0.6 is 0 Å². The third kappa shape index (κ3) is 1.06. The summed E-state index contributed by atoms with van der Waals surface area (Å²) in [5.74, 6) is -1.08. The molecule has 2 heterocycles. The minimum absolute atomic E-state index is 0.0350. The Morgan fingerprint density at radius 3 is 2.84 bits per heavy atom. The van der Waals surface area contributed by atoms with Crippen LogP contribution in [0.1, 0.15) is 33.1 Å². The normalized spacial score (nSPS) is 63.3. The van der Waals surface area contributed by atoms with E-state index in [9.17, 15) is 10.2 Å². The molecule has 0 bridgehead atoms. The largest absolute Gasteiger partial charge is 0.387 e. The smallest absolute Gasteiger partial charge is 0.229 e. The van der Waals surface area contributed by atoms with Crippen LogP contribution in [0, 0.1) is 17.3 Å². The van der Waals surface area contributed by atoms with Crippen LogP contribution in [0.4, 0.5) is 0 Å². The molecule has 0 aromatic rings. The second-order valence-corrected chi connectivity index (χ2v) is 7.07. The van der Waals surface area contributed by atoms with Crippen molar-refractivity contribution in [2.75, 3.05) is 6.61 Å². The van der Waals surface area contributed by atoms with Crippen molar-refractivity contribution >= 4 is 0 Å². The SMILES string of the molecule is C=C1COC2(O)C(O)C3CCCC(C)C3(C)C3OC132. The van der Waals surface area contributed by atoms with Gasteiger partial charge in [0, 0.05) is 5.41 Å². The molecular weight excluding hydrogens is 244 g/mol. The highest BCUT2D eigenvalue weighted by Gasteiger charge is 2.86. The van der Waals surface area contributed by atoms with Gasteiger partial charge in [0.05, 0.1) is 6.61 Å². The Morgan fingerprint density at radius 1 is 1.37 bits per heavy atom. The number of fused-ring (bicyclic) bond motifs is 2. The lowest BCUT2D eigenvalue weighted by atomic mass is 9.51. The maximum absolute atomic E-state index is 10.8. The monoisotopic (exact) mass is 266 g/mol. The average molecular weight is 266 g/mol. The van der Waals surface area contributed by atoms with Gasteiger partial charge >= 0.3 is 0 Å². The van der Waals surface area contributed by atoms with E-state index in [2.05, 4.69) is 20.4 Å². The van der Waals surface area contributed by atoms with Gasteiger partial charge in [-0.1, -0.05) is 33.3 Å². The molecule has 2 saturated carbocycles. The summed E-state index contributed by atoms with van der Waals surface area (Å²) in [7, 11) is 0. The van der Waals surface area contributed by atoms with Crippen LogP contribution in [0.5, 0.6) is 0 Å². The van der Waals surface area contributed by atoms with Gasteiger partial charge in [0.25, 0.3) is 0 Å². The summed E-state index contributed by atoms with van der Waals surface area (Å²) in [6.07, 6.45) is 2.22. The van der Waals surface area contributed by atoms with E-state index in [4.69, 9.17) is 9.47 Å². The summed E-state index contributed by atoms with van der Waals surface area (Å²) in [5, 5.41) is 21.6. The molecule has 7 atom stereocenters. The van der Waals surface area contributed by atoms with Crippen molar-refractivity contribution in [2.45, 2.75) is 56.7 Å². The molecule has 4 aliphatic rings. The van der Waals surface area contributed by atoms with E-state index in [0.29, 0.717) is 5.92 Å². The summed E-state index contributed by atoms with van der Waals surface area (Å²) in [6.45, 7) is 8.72. The van der Waals surface area contributed by atoms with Crippen molar-refractivity contribution < 1.29 is 19.7 Å². The minimum Gasteiger partial charge on any atom is -0.387 e. The molecule has 2 aliphatic heterocycles. The molecule has 0 aromatic heterocycles. The third-order valence-electron chi connectivity index (χ3n) is 6.50. The first-order chi connectivity index (χ1) is 8.89. The lowest BCUT2D eigenvalue weighted by molar-refractivity contribution is -0.288. The Morgan fingerprint density at radius 2 is 2.11 bits per heavy atom. The fourth-order valence-corrected chi connectivity index (χ4v) is 5.08. The minimum atomic E-state index is -1.59. The molecule has 4 nitrogen and oxygen atoms in total. The van der Waals surface area contributed by atoms with Gasteiger partial charge in [0.15, 0.2) is 5.60 Å². The van der Waals surface area contributed by atoms with E-state index in [1.54, 1.807) is 0 Å². The highest BCUT2D eigenvalue weighted by atomic mass is 16.7. The third-order valence-corrected chi connectivity index (χ3v) is 6.50. The van der Waals surface area contributed by atoms with Gasteiger partial charge in [-0.3, -0.25) is 0 Å². The van der Waals surface area contributed by atoms with Crippen molar-refractivity contribution in [1.82, 2.24) is 0 Å². The first kappa shape index (κ1) is 12.3. The van der Waals surface area contributed by atoms with Gasteiger partial charge < -0.3 is 19.7 Å². The fraction of sp³-hybridized carbons (Fsp3) is 0.867. The van der Waals surface area contributed by atoms with Crippen molar-refractivity contribution in [3.05, 3.63) is 12.2 Å². The number of hydrogen-bond donors (Lipinski definition) is 2. The Hall–Kier alpha value is -0.420. The summed E-state index contributed by atoms with van der Waals surface area (Å²) < 4.78 is 11.5. The number of aliphatic hydroxyl groups is 2. The maximum Gasteiger partial charge on any atom is 0.229 e. The van der Waals surface area contributed by atoms with Gasteiger partial charge in [-0.2, -0.15) is 0 Å². The average Bonchev–Trinajstić information content (AvgIpc) is 3.09. The molecule has 2 saturated heterocycles. The predicted molar refractivity (Wildman–Crippen MR) is 68.3 cm³/mol. The van der Waals surface area contributed by atoms with Crippen LogP contribution < -0.4 is 0 Å². The molecule has 0 aromatic carbocycles. The van der Waals surface area contributed by atoms with E-state index in [0.717, 1.165) is 24.8 Å². The van der Waals surface area contributed by atoms with Gasteiger partial charge in [0.1, 0.15) is 12.2 Å². The molecular formula is C15H22O4. The van der Waals surface area contributed by atoms with Crippen LogP contribution in [-0.2, 0) is 9.47 Å². The van der Waals surface area contributed by atoms with Crippen molar-refractivity contribution in [3.63, 3.8) is 0 Å². The van der Waals surface area contributed by atoms with E-state index in [1.165, 1.54) is 0 Å². The zero-order chi connectivity index (χ0) is 13.6. The number of ether oxygens (including phenoxy) is 2. The van der Waals surface area contributed by atoms with Gasteiger partial charge in [-0.15, -0.1) is 0 Å². The molecule has 0 radical (unpaired) electrons. The summed E-state index contributed by atoms with van der Waals surface area (Å²) in [4.78, 5) is 0. The Labute approximate surface area is 113 Å². The zero-order valence-corrected chi connectivity index (χ0v) is 11.6. The quantitative estimate of drug-likeness (QED) is 0.511. The molecule has 0 amide bonds. The van der Waals surface area contributed by atoms with Crippen LogP contribution in [0.25, 0.3) is 0 Å². The van der Waals surface area contributed by atoms with Gasteiger partial charge in [-0.05, 0) is 23.8 Å². The number of hydrogen-bond acceptors (Lipinski definition) is 4. The zero-order valence-electron chi connectivity index (χ0n) is 11.6. The fourth-order valence-electron chi connectivity index (χ4n) is 5.08. The van der Waals surface area contributed by atoms with Crippen molar-refractivity contribution in [3.8, 4) is 0 Å². The standard InChI is InChI=1S/C15H22O4/c1-8-5-4-6-10-11(16)15(17)14(9(2)7-18-15)12(19-14)13(8,10)3/h8,10-12,16-17H,2,4-7H2,1,3H3. The molecule has 106 valence electrons. The first-order valence-corrected chi connectivity index (χ1v) is 7.29. The van der Waals surface area contributed by atoms with E-state index in [1.807, 2.05) is 0 Å². The summed E-state index contributed by atoms with van der Waals surface area (Å²) >= 11 is 0. The second-order valence-electron chi connectivity index (χ2n) is 7.07. The van der Waals surface area contributed by atoms with E-state index in [-0.39, 0.29) is 24.0 Å². The van der Waals surface area contributed by atoms with Crippen LogP contribution in [0.2, 0.25) is 0 Å². The Kier molecular flexibility index (Phi) is 2.11. The molecule has 4 rings (SSSR count). The summed E-state index contributed by atoms with van der Waals surface area (Å²) in [5.41, 5.74) is -0.180. The van der Waals surface area contributed by atoms with Crippen LogP contribution in [0.15, 0.2) is 12.2 Å². The van der Waals surface area contributed by atoms with E-state index >= 15 is 0 Å². The molecule has 2 N–H and O–H groups in total. The predicted octanol–water partition coefficient (Wildman–Crippen LogP) is 1.22. The topological polar surface area (TPSA) is 62.2 Å². The molecule has 7 unspecified atom stereocenters. The number of epoxide rings is 1. The Bertz CT molecular complexity index is 463. The molecule has 4 fully saturated rings. The second kappa shape index (κ2) is 3.25. The molecule has 1 spiro atoms. The maximum atomic E-state index is 10.8. The highest BCUT2D eigenvalue weighted by molar-refractivity contribution is 5.41. The molecule has 4 heteroatoms.